The molecule has 2 aliphatic rings. The first-order valence-corrected chi connectivity index (χ1v) is 11.6. The molecule has 5 rings (SSSR count). The van der Waals surface area contributed by atoms with Crippen LogP contribution < -0.4 is 10.6 Å². The van der Waals surface area contributed by atoms with Crippen LogP contribution in [0.5, 0.6) is 0 Å². The van der Waals surface area contributed by atoms with E-state index in [9.17, 15) is 15.3 Å². The number of benzene rings is 1. The van der Waals surface area contributed by atoms with Crippen molar-refractivity contribution in [1.82, 2.24) is 15.0 Å². The number of nitrogens with zero attached hydrogens (tertiary/aromatic N) is 3. The molecule has 0 spiro atoms. The summed E-state index contributed by atoms with van der Waals surface area (Å²) >= 11 is 8.11. The molecule has 2 heterocycles. The van der Waals surface area contributed by atoms with Crippen molar-refractivity contribution >= 4 is 44.9 Å². The van der Waals surface area contributed by atoms with Crippen LogP contribution in [0.2, 0.25) is 5.15 Å². The molecule has 0 unspecified atom stereocenters. The van der Waals surface area contributed by atoms with Gasteiger partial charge in [0.25, 0.3) is 0 Å². The molecule has 3 aromatic rings. The van der Waals surface area contributed by atoms with Crippen LogP contribution in [-0.4, -0.2) is 61.7 Å². The van der Waals surface area contributed by atoms with Gasteiger partial charge in [-0.25, -0.2) is 9.97 Å². The predicted molar refractivity (Wildman–Crippen MR) is 121 cm³/mol. The molecular weight excluding hydrogens is 438 g/mol. The van der Waals surface area contributed by atoms with Crippen LogP contribution in [0.15, 0.2) is 24.3 Å². The summed E-state index contributed by atoms with van der Waals surface area (Å²) in [6.07, 6.45) is 0.773. The van der Waals surface area contributed by atoms with Gasteiger partial charge in [-0.2, -0.15) is 4.98 Å². The van der Waals surface area contributed by atoms with Gasteiger partial charge in [-0.15, -0.1) is 11.3 Å². The molecule has 2 saturated carbocycles. The molecule has 0 saturated heterocycles. The van der Waals surface area contributed by atoms with Gasteiger partial charge in [0.05, 0.1) is 27.9 Å². The zero-order valence-electron chi connectivity index (χ0n) is 16.7. The van der Waals surface area contributed by atoms with E-state index >= 15 is 0 Å². The standard InChI is InChI=1S/C21H24ClN5O3S/c22-18-15(20-25-12-3-1-2-4-14(12)31-20)19(27-21(26-18)23-8-10-5-6-10)24-13-7-11(9-28)16(29)17(13)30/h1-4,10-11,13,16-17,28-30H,5-9H2,(H2,23,24,26,27)/t11-,13-,16-,17+/m1/s1. The second-order valence-corrected chi connectivity index (χ2v) is 9.67. The summed E-state index contributed by atoms with van der Waals surface area (Å²) < 4.78 is 1.02. The van der Waals surface area contributed by atoms with E-state index in [1.807, 2.05) is 24.3 Å². The Morgan fingerprint density at radius 1 is 1.10 bits per heavy atom. The van der Waals surface area contributed by atoms with E-state index in [1.54, 1.807) is 0 Å². The average Bonchev–Trinajstić information content (AvgIpc) is 3.44. The van der Waals surface area contributed by atoms with E-state index in [2.05, 4.69) is 20.6 Å². The van der Waals surface area contributed by atoms with Crippen molar-refractivity contribution in [3.63, 3.8) is 0 Å². The fraction of sp³-hybridized carbons (Fsp3) is 0.476. The van der Waals surface area contributed by atoms with Crippen LogP contribution in [0.4, 0.5) is 11.8 Å². The van der Waals surface area contributed by atoms with E-state index in [0.29, 0.717) is 34.7 Å². The van der Waals surface area contributed by atoms with Gasteiger partial charge in [-0.05, 0) is 37.3 Å². The van der Waals surface area contributed by atoms with Crippen molar-refractivity contribution < 1.29 is 15.3 Å². The van der Waals surface area contributed by atoms with Crippen LogP contribution in [0.1, 0.15) is 19.3 Å². The van der Waals surface area contributed by atoms with Gasteiger partial charge in [0.2, 0.25) is 5.95 Å². The minimum atomic E-state index is -1.03. The molecule has 164 valence electrons. The molecule has 4 atom stereocenters. The molecular formula is C21H24ClN5O3S. The Morgan fingerprint density at radius 2 is 1.90 bits per heavy atom. The second kappa shape index (κ2) is 8.48. The zero-order valence-corrected chi connectivity index (χ0v) is 18.3. The van der Waals surface area contributed by atoms with Gasteiger partial charge in [0, 0.05) is 19.1 Å². The smallest absolute Gasteiger partial charge is 0.226 e. The fourth-order valence-corrected chi connectivity index (χ4v) is 5.30. The molecule has 0 radical (unpaired) electrons. The number of aliphatic hydroxyl groups excluding tert-OH is 3. The number of aromatic nitrogens is 3. The van der Waals surface area contributed by atoms with Gasteiger partial charge in [0.15, 0.2) is 0 Å². The molecule has 0 amide bonds. The Balaban J connectivity index is 1.52. The number of hydrogen-bond acceptors (Lipinski definition) is 9. The maximum Gasteiger partial charge on any atom is 0.226 e. The summed E-state index contributed by atoms with van der Waals surface area (Å²) in [5.74, 6) is 1.10. The molecule has 5 N–H and O–H groups in total. The number of hydrogen-bond donors (Lipinski definition) is 5. The maximum absolute atomic E-state index is 10.5. The van der Waals surface area contributed by atoms with E-state index in [-0.39, 0.29) is 11.8 Å². The molecule has 0 aliphatic heterocycles. The quantitative estimate of drug-likeness (QED) is 0.340. The minimum Gasteiger partial charge on any atom is -0.396 e. The number of aliphatic hydroxyl groups is 3. The molecule has 2 aromatic heterocycles. The number of thiazole rings is 1. The van der Waals surface area contributed by atoms with E-state index in [4.69, 9.17) is 16.6 Å². The predicted octanol–water partition coefficient (Wildman–Crippen LogP) is 2.74. The lowest BCUT2D eigenvalue weighted by Crippen LogP contribution is -2.35. The van der Waals surface area contributed by atoms with Crippen molar-refractivity contribution in [2.75, 3.05) is 23.8 Å². The monoisotopic (exact) mass is 461 g/mol. The van der Waals surface area contributed by atoms with Crippen LogP contribution in [0.3, 0.4) is 0 Å². The van der Waals surface area contributed by atoms with Crippen LogP contribution in [0.25, 0.3) is 20.8 Å². The number of rotatable bonds is 7. The number of nitrogens with one attached hydrogen (secondary N) is 2. The average molecular weight is 462 g/mol. The van der Waals surface area contributed by atoms with Gasteiger partial charge < -0.3 is 26.0 Å². The Labute approximate surface area is 188 Å². The first-order valence-electron chi connectivity index (χ1n) is 10.4. The van der Waals surface area contributed by atoms with Crippen LogP contribution in [0, 0.1) is 11.8 Å². The number of fused-ring (bicyclic) bond motifs is 1. The van der Waals surface area contributed by atoms with Crippen LogP contribution >= 0.6 is 22.9 Å². The van der Waals surface area contributed by atoms with Crippen molar-refractivity contribution in [2.24, 2.45) is 11.8 Å². The third-order valence-corrected chi connectivity index (χ3v) is 7.30. The van der Waals surface area contributed by atoms with Crippen molar-refractivity contribution in [3.05, 3.63) is 29.4 Å². The highest BCUT2D eigenvalue weighted by molar-refractivity contribution is 7.21. The summed E-state index contributed by atoms with van der Waals surface area (Å²) in [6, 6.07) is 7.33. The molecule has 8 nitrogen and oxygen atoms in total. The van der Waals surface area contributed by atoms with Crippen molar-refractivity contribution in [3.8, 4) is 10.6 Å². The normalized spacial score (nSPS) is 25.8. The lowest BCUT2D eigenvalue weighted by molar-refractivity contribution is 0.00446. The summed E-state index contributed by atoms with van der Waals surface area (Å²) in [7, 11) is 0. The molecule has 2 fully saturated rings. The summed E-state index contributed by atoms with van der Waals surface area (Å²) in [5.41, 5.74) is 1.42. The highest BCUT2D eigenvalue weighted by Gasteiger charge is 2.41. The van der Waals surface area contributed by atoms with Gasteiger partial charge in [0.1, 0.15) is 22.1 Å². The molecule has 31 heavy (non-hydrogen) atoms. The van der Waals surface area contributed by atoms with Gasteiger partial charge >= 0.3 is 0 Å². The van der Waals surface area contributed by atoms with E-state index < -0.39 is 24.2 Å². The fourth-order valence-electron chi connectivity index (χ4n) is 3.97. The topological polar surface area (TPSA) is 123 Å². The first-order chi connectivity index (χ1) is 15.0. The largest absolute Gasteiger partial charge is 0.396 e. The lowest BCUT2D eigenvalue weighted by atomic mass is 10.1. The lowest BCUT2D eigenvalue weighted by Gasteiger charge is -2.21. The SMILES string of the molecule is OC[C@H]1C[C@@H](Nc2nc(NCC3CC3)nc(Cl)c2-c2nc3ccccc3s2)[C@H](O)[C@@H]1O. The van der Waals surface area contributed by atoms with Crippen LogP contribution in [-0.2, 0) is 0 Å². The Morgan fingerprint density at radius 3 is 2.61 bits per heavy atom. The Hall–Kier alpha value is -2.04. The Kier molecular flexibility index (Phi) is 5.70. The van der Waals surface area contributed by atoms with Gasteiger partial charge in [-0.1, -0.05) is 23.7 Å². The zero-order chi connectivity index (χ0) is 21.5. The molecule has 0 bridgehead atoms. The highest BCUT2D eigenvalue weighted by atomic mass is 35.5. The van der Waals surface area contributed by atoms with Crippen molar-refractivity contribution in [2.45, 2.75) is 37.5 Å². The molecule has 10 heteroatoms. The maximum atomic E-state index is 10.5. The van der Waals surface area contributed by atoms with Crippen molar-refractivity contribution in [1.29, 1.82) is 0 Å². The number of para-hydroxylation sites is 1. The van der Waals surface area contributed by atoms with E-state index in [0.717, 1.165) is 16.8 Å². The molecule has 2 aliphatic carbocycles. The third-order valence-electron chi connectivity index (χ3n) is 5.98. The number of anilines is 2. The second-order valence-electron chi connectivity index (χ2n) is 8.28. The van der Waals surface area contributed by atoms with E-state index in [1.165, 1.54) is 24.2 Å². The first kappa shape index (κ1) is 20.8. The summed E-state index contributed by atoms with van der Waals surface area (Å²) in [4.78, 5) is 13.8. The summed E-state index contributed by atoms with van der Waals surface area (Å²) in [5, 5.41) is 37.6. The number of halogens is 1. The molecule has 1 aromatic carbocycles. The minimum absolute atomic E-state index is 0.195. The van der Waals surface area contributed by atoms with Gasteiger partial charge in [-0.3, -0.25) is 0 Å². The third kappa shape index (κ3) is 4.20. The summed E-state index contributed by atoms with van der Waals surface area (Å²) in [6.45, 7) is 0.591. The highest BCUT2D eigenvalue weighted by Crippen LogP contribution is 2.40. The Bertz CT molecular complexity index is 1060.